The number of nitrogens with zero attached hydrogens (tertiary/aromatic N) is 2. The molecule has 2 aromatic rings. The van der Waals surface area contributed by atoms with E-state index in [4.69, 9.17) is 23.8 Å². The second-order valence-electron chi connectivity index (χ2n) is 4.24. The molecular weight excluding hydrogens is 282 g/mol. The number of H-pyrrole nitrogens is 1. The first-order valence-electron chi connectivity index (χ1n) is 6.22. The van der Waals surface area contributed by atoms with Gasteiger partial charge in [0, 0.05) is 18.1 Å². The Morgan fingerprint density at radius 2 is 2.11 bits per heavy atom. The highest BCUT2D eigenvalue weighted by atomic mass is 35.5. The molecule has 0 saturated carbocycles. The summed E-state index contributed by atoms with van der Waals surface area (Å²) >= 11 is 11.3. The Hall–Kier alpha value is -1.33. The van der Waals surface area contributed by atoms with Gasteiger partial charge < -0.3 is 14.5 Å². The average molecular weight is 298 g/mol. The lowest BCUT2D eigenvalue weighted by Gasteiger charge is -2.18. The van der Waals surface area contributed by atoms with Crippen LogP contribution in [0.4, 0.5) is 0 Å². The molecule has 0 spiro atoms. The topological polar surface area (TPSA) is 41.0 Å². The van der Waals surface area contributed by atoms with Gasteiger partial charge in [-0.05, 0) is 44.3 Å². The lowest BCUT2D eigenvalue weighted by Crippen LogP contribution is -2.33. The minimum absolute atomic E-state index is 0.0574. The summed E-state index contributed by atoms with van der Waals surface area (Å²) in [5, 5.41) is 0.630. The number of carbonyl (C=O) groups is 1. The molecule has 0 aliphatic rings. The van der Waals surface area contributed by atoms with Crippen LogP contribution in [0.1, 0.15) is 13.8 Å². The molecule has 4 nitrogen and oxygen atoms in total. The van der Waals surface area contributed by atoms with Gasteiger partial charge in [-0.25, -0.2) is 0 Å². The van der Waals surface area contributed by atoms with Gasteiger partial charge in [-0.3, -0.25) is 4.79 Å². The van der Waals surface area contributed by atoms with Crippen molar-refractivity contribution in [2.24, 2.45) is 0 Å². The zero-order chi connectivity index (χ0) is 14.0. The third-order valence-electron chi connectivity index (χ3n) is 3.15. The third kappa shape index (κ3) is 2.82. The van der Waals surface area contributed by atoms with Crippen LogP contribution in [0.3, 0.4) is 0 Å². The summed E-state index contributed by atoms with van der Waals surface area (Å²) in [5.74, 6) is 0.0574. The number of amides is 1. The van der Waals surface area contributed by atoms with E-state index in [1.54, 1.807) is 15.5 Å². The van der Waals surface area contributed by atoms with Crippen LogP contribution in [0.5, 0.6) is 0 Å². The highest BCUT2D eigenvalue weighted by Gasteiger charge is 2.13. The van der Waals surface area contributed by atoms with Gasteiger partial charge in [0.05, 0.1) is 11.0 Å². The predicted molar refractivity (Wildman–Crippen MR) is 80.1 cm³/mol. The van der Waals surface area contributed by atoms with Crippen LogP contribution in [-0.2, 0) is 11.3 Å². The maximum absolute atomic E-state index is 12.2. The van der Waals surface area contributed by atoms with Crippen molar-refractivity contribution in [1.82, 2.24) is 14.5 Å². The molecule has 1 heterocycles. The lowest BCUT2D eigenvalue weighted by atomic mass is 10.3. The van der Waals surface area contributed by atoms with E-state index in [0.29, 0.717) is 22.9 Å². The molecule has 19 heavy (non-hydrogen) atoms. The molecule has 0 bridgehead atoms. The van der Waals surface area contributed by atoms with Crippen molar-refractivity contribution in [2.75, 3.05) is 13.1 Å². The fraction of sp³-hybridized carbons (Fsp3) is 0.385. The minimum atomic E-state index is 0.0574. The number of aromatic amines is 1. The smallest absolute Gasteiger partial charge is 0.242 e. The number of likely N-dealkylation sites (N-methyl/N-ethyl adjacent to an activating group) is 1. The summed E-state index contributed by atoms with van der Waals surface area (Å²) < 4.78 is 2.33. The maximum atomic E-state index is 12.2. The van der Waals surface area contributed by atoms with Crippen LogP contribution in [0.15, 0.2) is 18.2 Å². The molecule has 2 rings (SSSR count). The van der Waals surface area contributed by atoms with Crippen molar-refractivity contribution >= 4 is 40.8 Å². The predicted octanol–water partition coefficient (Wildman–Crippen LogP) is 3.22. The Labute approximate surface area is 122 Å². The van der Waals surface area contributed by atoms with Crippen LogP contribution in [-0.4, -0.2) is 33.4 Å². The Balaban J connectivity index is 2.40. The second-order valence-corrected chi connectivity index (χ2v) is 5.07. The van der Waals surface area contributed by atoms with E-state index in [1.165, 1.54) is 0 Å². The van der Waals surface area contributed by atoms with Crippen molar-refractivity contribution in [3.8, 4) is 0 Å². The number of halogens is 1. The monoisotopic (exact) mass is 297 g/mol. The average Bonchev–Trinajstić information content (AvgIpc) is 2.67. The quantitative estimate of drug-likeness (QED) is 0.880. The van der Waals surface area contributed by atoms with E-state index in [2.05, 4.69) is 4.98 Å². The number of hydrogen-bond acceptors (Lipinski definition) is 2. The van der Waals surface area contributed by atoms with Crippen molar-refractivity contribution < 1.29 is 4.79 Å². The zero-order valence-corrected chi connectivity index (χ0v) is 12.5. The first-order chi connectivity index (χ1) is 9.06. The largest absolute Gasteiger partial charge is 0.342 e. The SMILES string of the molecule is CCN(CC)C(=O)Cn1c(=S)[nH]c2ccc(Cl)cc21. The normalized spacial score (nSPS) is 10.9. The highest BCUT2D eigenvalue weighted by Crippen LogP contribution is 2.19. The Morgan fingerprint density at radius 1 is 1.42 bits per heavy atom. The summed E-state index contributed by atoms with van der Waals surface area (Å²) in [6, 6.07) is 5.48. The molecule has 102 valence electrons. The van der Waals surface area contributed by atoms with E-state index in [1.807, 2.05) is 26.0 Å². The molecule has 0 aliphatic carbocycles. The van der Waals surface area contributed by atoms with Gasteiger partial charge in [0.1, 0.15) is 6.54 Å². The first kappa shape index (κ1) is 14.1. The molecule has 1 aromatic heterocycles. The molecule has 0 saturated heterocycles. The van der Waals surface area contributed by atoms with E-state index in [-0.39, 0.29) is 12.5 Å². The van der Waals surface area contributed by atoms with Crippen molar-refractivity contribution in [2.45, 2.75) is 20.4 Å². The molecule has 0 unspecified atom stereocenters. The van der Waals surface area contributed by atoms with Crippen LogP contribution >= 0.6 is 23.8 Å². The third-order valence-corrected chi connectivity index (χ3v) is 3.70. The molecule has 1 N–H and O–H groups in total. The number of benzene rings is 1. The first-order valence-corrected chi connectivity index (χ1v) is 7.01. The molecule has 0 aliphatic heterocycles. The van der Waals surface area contributed by atoms with Crippen LogP contribution < -0.4 is 0 Å². The summed E-state index contributed by atoms with van der Waals surface area (Å²) in [6.07, 6.45) is 0. The van der Waals surface area contributed by atoms with Crippen LogP contribution in [0.2, 0.25) is 5.02 Å². The van der Waals surface area contributed by atoms with Crippen LogP contribution in [0.25, 0.3) is 11.0 Å². The number of aromatic nitrogens is 2. The van der Waals surface area contributed by atoms with E-state index >= 15 is 0 Å². The number of fused-ring (bicyclic) bond motifs is 1. The summed E-state index contributed by atoms with van der Waals surface area (Å²) in [4.78, 5) is 17.0. The molecule has 1 aromatic carbocycles. The van der Waals surface area contributed by atoms with E-state index in [0.717, 1.165) is 11.0 Å². The summed E-state index contributed by atoms with van der Waals surface area (Å²) in [7, 11) is 0. The fourth-order valence-electron chi connectivity index (χ4n) is 2.09. The molecule has 0 radical (unpaired) electrons. The maximum Gasteiger partial charge on any atom is 0.242 e. The number of carbonyl (C=O) groups excluding carboxylic acids is 1. The Bertz CT molecular complexity index is 657. The molecule has 0 atom stereocenters. The van der Waals surface area contributed by atoms with Crippen molar-refractivity contribution in [3.63, 3.8) is 0 Å². The number of nitrogens with one attached hydrogen (secondary N) is 1. The van der Waals surface area contributed by atoms with Gasteiger partial charge in [-0.2, -0.15) is 0 Å². The van der Waals surface area contributed by atoms with E-state index in [9.17, 15) is 4.79 Å². The molecule has 0 fully saturated rings. The van der Waals surface area contributed by atoms with Crippen LogP contribution in [0, 0.1) is 4.77 Å². The van der Waals surface area contributed by atoms with Gasteiger partial charge in [-0.1, -0.05) is 11.6 Å². The van der Waals surface area contributed by atoms with Gasteiger partial charge >= 0.3 is 0 Å². The van der Waals surface area contributed by atoms with E-state index < -0.39 is 0 Å². The highest BCUT2D eigenvalue weighted by molar-refractivity contribution is 7.71. The lowest BCUT2D eigenvalue weighted by molar-refractivity contribution is -0.131. The summed E-state index contributed by atoms with van der Waals surface area (Å²) in [6.45, 7) is 5.57. The Morgan fingerprint density at radius 3 is 2.74 bits per heavy atom. The number of rotatable bonds is 4. The molecule has 1 amide bonds. The zero-order valence-electron chi connectivity index (χ0n) is 10.9. The van der Waals surface area contributed by atoms with Gasteiger partial charge in [0.2, 0.25) is 5.91 Å². The van der Waals surface area contributed by atoms with Gasteiger partial charge in [0.25, 0.3) is 0 Å². The second kappa shape index (κ2) is 5.75. The fourth-order valence-corrected chi connectivity index (χ4v) is 2.53. The van der Waals surface area contributed by atoms with Gasteiger partial charge in [0.15, 0.2) is 4.77 Å². The minimum Gasteiger partial charge on any atom is -0.342 e. The van der Waals surface area contributed by atoms with Crippen molar-refractivity contribution in [3.05, 3.63) is 28.0 Å². The standard InChI is InChI=1S/C13H16ClN3OS/c1-3-16(4-2)12(18)8-17-11-7-9(14)5-6-10(11)15-13(17)19/h5-7H,3-4,8H2,1-2H3,(H,15,19). The van der Waals surface area contributed by atoms with Crippen molar-refractivity contribution in [1.29, 1.82) is 0 Å². The summed E-state index contributed by atoms with van der Waals surface area (Å²) in [5.41, 5.74) is 1.75. The number of imidazole rings is 1. The Kier molecular flexibility index (Phi) is 4.27. The number of hydrogen-bond donors (Lipinski definition) is 1. The molecule has 6 heteroatoms. The molecular formula is C13H16ClN3OS. The van der Waals surface area contributed by atoms with Gasteiger partial charge in [-0.15, -0.1) is 0 Å².